The SMILES string of the molecule is C.O=C1N[C@H](Cc2c[nH]c3c(Cl)cccc23)C(=O)N1Cc1ccncc1. The predicted octanol–water partition coefficient (Wildman–Crippen LogP) is 3.52. The van der Waals surface area contributed by atoms with Gasteiger partial charge in [-0.3, -0.25) is 14.7 Å². The van der Waals surface area contributed by atoms with E-state index in [1.807, 2.05) is 24.4 Å². The second-order valence-corrected chi connectivity index (χ2v) is 6.37. The van der Waals surface area contributed by atoms with Crippen LogP contribution < -0.4 is 5.32 Å². The van der Waals surface area contributed by atoms with Crippen LogP contribution in [0.1, 0.15) is 18.6 Å². The molecular formula is C19H19ClN4O2. The molecule has 2 N–H and O–H groups in total. The van der Waals surface area contributed by atoms with Gasteiger partial charge in [0.05, 0.1) is 17.1 Å². The van der Waals surface area contributed by atoms with Gasteiger partial charge in [-0.25, -0.2) is 4.79 Å². The zero-order valence-corrected chi connectivity index (χ0v) is 14.0. The molecule has 0 bridgehead atoms. The largest absolute Gasteiger partial charge is 0.360 e. The number of para-hydroxylation sites is 1. The third-order valence-electron chi connectivity index (χ3n) is 4.37. The van der Waals surface area contributed by atoms with Crippen molar-refractivity contribution in [3.05, 3.63) is 65.1 Å². The van der Waals surface area contributed by atoms with E-state index in [4.69, 9.17) is 11.6 Å². The summed E-state index contributed by atoms with van der Waals surface area (Å²) in [6.45, 7) is 0.239. The standard InChI is InChI=1S/C18H15ClN4O2.CH4/c19-14-3-1-2-13-12(9-21-16(13)14)8-15-17(24)23(18(25)22-15)10-11-4-6-20-7-5-11;/h1-7,9,15,21H,8,10H2,(H,22,25);1H4/t15-;/m1./s1. The highest BCUT2D eigenvalue weighted by Crippen LogP contribution is 2.27. The van der Waals surface area contributed by atoms with Crippen LogP contribution in [0.5, 0.6) is 0 Å². The van der Waals surface area contributed by atoms with Crippen LogP contribution in [0.3, 0.4) is 0 Å². The maximum Gasteiger partial charge on any atom is 0.325 e. The number of rotatable bonds is 4. The number of amides is 3. The fraction of sp³-hybridized carbons (Fsp3) is 0.211. The Morgan fingerprint density at radius 1 is 1.15 bits per heavy atom. The second kappa shape index (κ2) is 7.17. The zero-order valence-electron chi connectivity index (χ0n) is 13.2. The molecule has 1 aliphatic rings. The van der Waals surface area contributed by atoms with Crippen molar-refractivity contribution >= 4 is 34.4 Å². The maximum absolute atomic E-state index is 12.6. The Balaban J connectivity index is 0.00000196. The van der Waals surface area contributed by atoms with Gasteiger partial charge in [-0.2, -0.15) is 0 Å². The summed E-state index contributed by atoms with van der Waals surface area (Å²) < 4.78 is 0. The molecule has 0 aliphatic carbocycles. The van der Waals surface area contributed by atoms with Gasteiger partial charge in [0.1, 0.15) is 6.04 Å². The summed E-state index contributed by atoms with van der Waals surface area (Å²) in [5.41, 5.74) is 2.64. The van der Waals surface area contributed by atoms with E-state index in [-0.39, 0.29) is 25.9 Å². The first kappa shape index (κ1) is 17.9. The molecule has 7 heteroatoms. The Kier molecular flexibility index (Phi) is 4.95. The highest BCUT2D eigenvalue weighted by atomic mass is 35.5. The van der Waals surface area contributed by atoms with Crippen molar-refractivity contribution in [1.82, 2.24) is 20.2 Å². The van der Waals surface area contributed by atoms with Crippen LogP contribution in [0.4, 0.5) is 4.79 Å². The van der Waals surface area contributed by atoms with Gasteiger partial charge in [-0.1, -0.05) is 31.2 Å². The lowest BCUT2D eigenvalue weighted by atomic mass is 10.0. The summed E-state index contributed by atoms with van der Waals surface area (Å²) >= 11 is 6.17. The molecule has 0 unspecified atom stereocenters. The Hall–Kier alpha value is -2.86. The van der Waals surface area contributed by atoms with Crippen molar-refractivity contribution in [2.45, 2.75) is 26.4 Å². The van der Waals surface area contributed by atoms with Crippen molar-refractivity contribution in [1.29, 1.82) is 0 Å². The lowest BCUT2D eigenvalue weighted by Crippen LogP contribution is -2.32. The summed E-state index contributed by atoms with van der Waals surface area (Å²) in [6, 6.07) is 8.25. The van der Waals surface area contributed by atoms with E-state index in [2.05, 4.69) is 15.3 Å². The fourth-order valence-electron chi connectivity index (χ4n) is 3.10. The van der Waals surface area contributed by atoms with Crippen molar-refractivity contribution < 1.29 is 9.59 Å². The van der Waals surface area contributed by atoms with Gasteiger partial charge in [0, 0.05) is 30.4 Å². The minimum absolute atomic E-state index is 0. The number of hydrogen-bond acceptors (Lipinski definition) is 3. The number of nitrogens with one attached hydrogen (secondary N) is 2. The van der Waals surface area contributed by atoms with Crippen LogP contribution >= 0.6 is 11.6 Å². The molecule has 1 atom stereocenters. The number of fused-ring (bicyclic) bond motifs is 1. The van der Waals surface area contributed by atoms with Gasteiger partial charge in [0.15, 0.2) is 0 Å². The number of imide groups is 1. The Bertz CT molecular complexity index is 955. The number of hydrogen-bond donors (Lipinski definition) is 2. The number of benzene rings is 1. The zero-order chi connectivity index (χ0) is 17.4. The molecule has 1 saturated heterocycles. The van der Waals surface area contributed by atoms with Crippen molar-refractivity contribution in [2.24, 2.45) is 0 Å². The molecule has 1 aliphatic heterocycles. The molecule has 3 amide bonds. The van der Waals surface area contributed by atoms with E-state index in [0.717, 1.165) is 22.0 Å². The minimum atomic E-state index is -0.577. The average Bonchev–Trinajstić information content (AvgIpc) is 3.14. The Morgan fingerprint density at radius 2 is 1.92 bits per heavy atom. The molecule has 3 heterocycles. The number of halogens is 1. The smallest absolute Gasteiger partial charge is 0.325 e. The first-order valence-corrected chi connectivity index (χ1v) is 8.26. The van der Waals surface area contributed by atoms with E-state index in [1.165, 1.54) is 4.90 Å². The average molecular weight is 371 g/mol. The summed E-state index contributed by atoms with van der Waals surface area (Å²) in [4.78, 5) is 33.1. The quantitative estimate of drug-likeness (QED) is 0.690. The summed E-state index contributed by atoms with van der Waals surface area (Å²) in [5.74, 6) is -0.224. The second-order valence-electron chi connectivity index (χ2n) is 5.96. The van der Waals surface area contributed by atoms with Gasteiger partial charge in [-0.05, 0) is 29.3 Å². The molecule has 2 aromatic heterocycles. The minimum Gasteiger partial charge on any atom is -0.360 e. The molecule has 3 aromatic rings. The molecule has 1 aromatic carbocycles. The molecule has 1 fully saturated rings. The molecule has 26 heavy (non-hydrogen) atoms. The molecule has 0 spiro atoms. The van der Waals surface area contributed by atoms with Gasteiger partial charge >= 0.3 is 6.03 Å². The first-order chi connectivity index (χ1) is 12.1. The van der Waals surface area contributed by atoms with Gasteiger partial charge in [-0.15, -0.1) is 0 Å². The number of carbonyl (C=O) groups is 2. The molecule has 6 nitrogen and oxygen atoms in total. The number of urea groups is 1. The maximum atomic E-state index is 12.6. The molecule has 0 radical (unpaired) electrons. The van der Waals surface area contributed by atoms with Crippen molar-refractivity contribution in [2.75, 3.05) is 0 Å². The number of pyridine rings is 1. The summed E-state index contributed by atoms with van der Waals surface area (Å²) in [7, 11) is 0. The number of carbonyl (C=O) groups excluding carboxylic acids is 2. The predicted molar refractivity (Wildman–Crippen MR) is 101 cm³/mol. The molecular weight excluding hydrogens is 352 g/mol. The van der Waals surface area contributed by atoms with Gasteiger partial charge < -0.3 is 10.3 Å². The lowest BCUT2D eigenvalue weighted by Gasteiger charge is -2.12. The third kappa shape index (κ3) is 3.15. The number of nitrogens with zero attached hydrogens (tertiary/aromatic N) is 2. The van der Waals surface area contributed by atoms with Gasteiger partial charge in [0.25, 0.3) is 5.91 Å². The van der Waals surface area contributed by atoms with Crippen LogP contribution in [0.15, 0.2) is 48.9 Å². The van der Waals surface area contributed by atoms with Crippen LogP contribution in [0.2, 0.25) is 5.02 Å². The van der Waals surface area contributed by atoms with Crippen LogP contribution in [-0.2, 0) is 17.8 Å². The highest BCUT2D eigenvalue weighted by Gasteiger charge is 2.38. The van der Waals surface area contributed by atoms with E-state index in [1.54, 1.807) is 24.5 Å². The number of aromatic nitrogens is 2. The number of H-pyrrole nitrogens is 1. The van der Waals surface area contributed by atoms with E-state index >= 15 is 0 Å². The van der Waals surface area contributed by atoms with Gasteiger partial charge in [0.2, 0.25) is 0 Å². The Labute approximate surface area is 156 Å². The molecule has 134 valence electrons. The first-order valence-electron chi connectivity index (χ1n) is 7.89. The van der Waals surface area contributed by atoms with E-state index in [9.17, 15) is 9.59 Å². The van der Waals surface area contributed by atoms with E-state index < -0.39 is 6.04 Å². The van der Waals surface area contributed by atoms with E-state index in [0.29, 0.717) is 11.4 Å². The Morgan fingerprint density at radius 3 is 2.69 bits per heavy atom. The van der Waals surface area contributed by atoms with Crippen LogP contribution in [0.25, 0.3) is 10.9 Å². The number of aromatic amines is 1. The topological polar surface area (TPSA) is 78.1 Å². The molecule has 0 saturated carbocycles. The monoisotopic (exact) mass is 370 g/mol. The summed E-state index contributed by atoms with van der Waals surface area (Å²) in [6.07, 6.45) is 5.53. The van der Waals surface area contributed by atoms with Crippen molar-refractivity contribution in [3.63, 3.8) is 0 Å². The molecule has 4 rings (SSSR count). The summed E-state index contributed by atoms with van der Waals surface area (Å²) in [5, 5.41) is 4.36. The fourth-order valence-corrected chi connectivity index (χ4v) is 3.33. The van der Waals surface area contributed by atoms with Crippen LogP contribution in [0, 0.1) is 0 Å². The lowest BCUT2D eigenvalue weighted by molar-refractivity contribution is -0.127. The highest BCUT2D eigenvalue weighted by molar-refractivity contribution is 6.35. The third-order valence-corrected chi connectivity index (χ3v) is 4.69. The van der Waals surface area contributed by atoms with Crippen molar-refractivity contribution in [3.8, 4) is 0 Å². The normalized spacial score (nSPS) is 16.7. The van der Waals surface area contributed by atoms with Crippen LogP contribution in [-0.4, -0.2) is 32.8 Å².